The summed E-state index contributed by atoms with van der Waals surface area (Å²) >= 11 is 5.10. The Morgan fingerprint density at radius 1 is 1.15 bits per heavy atom. The third kappa shape index (κ3) is 3.42. The van der Waals surface area contributed by atoms with Crippen molar-refractivity contribution in [3.05, 3.63) is 29.6 Å². The maximum Gasteiger partial charge on any atom is 0.196 e. The van der Waals surface area contributed by atoms with E-state index in [-0.39, 0.29) is 16.8 Å². The number of halogens is 3. The molecule has 0 bridgehead atoms. The topological polar surface area (TPSA) is 24.1 Å². The zero-order valence-corrected chi connectivity index (χ0v) is 12.0. The lowest BCUT2D eigenvalue weighted by Gasteiger charge is -2.30. The lowest BCUT2D eigenvalue weighted by atomic mass is 9.86. The molecule has 2 rings (SSSR count). The third-order valence-electron chi connectivity index (χ3n) is 3.71. The van der Waals surface area contributed by atoms with E-state index >= 15 is 0 Å². The molecule has 1 saturated carbocycles. The van der Waals surface area contributed by atoms with Crippen LogP contribution in [0.15, 0.2) is 12.1 Å². The fraction of sp³-hybridized carbons (Fsp3) is 0.500. The van der Waals surface area contributed by atoms with E-state index in [2.05, 4.69) is 17.6 Å². The lowest BCUT2D eigenvalue weighted by Crippen LogP contribution is -2.43. The summed E-state index contributed by atoms with van der Waals surface area (Å²) in [6.45, 7) is 2.14. The molecule has 6 heteroatoms. The van der Waals surface area contributed by atoms with Crippen LogP contribution >= 0.6 is 12.2 Å². The van der Waals surface area contributed by atoms with Gasteiger partial charge in [-0.3, -0.25) is 0 Å². The van der Waals surface area contributed by atoms with E-state index in [1.165, 1.54) is 6.42 Å². The smallest absolute Gasteiger partial charge is 0.196 e. The zero-order valence-electron chi connectivity index (χ0n) is 11.2. The molecule has 0 saturated heterocycles. The monoisotopic (exact) mass is 302 g/mol. The summed E-state index contributed by atoms with van der Waals surface area (Å²) in [6.07, 6.45) is 4.46. The second-order valence-electron chi connectivity index (χ2n) is 5.19. The van der Waals surface area contributed by atoms with Crippen molar-refractivity contribution < 1.29 is 13.2 Å². The maximum atomic E-state index is 13.5. The summed E-state index contributed by atoms with van der Waals surface area (Å²) in [6, 6.07) is 2.23. The lowest BCUT2D eigenvalue weighted by molar-refractivity contribution is 0.309. The standard InChI is InChI=1S/C14H17F3N2S/c1-8-4-2-3-5-10(8)18-14(20)19-11-7-6-9(15)12(16)13(11)17/h6-8,10H,2-5H2,1H3,(H2,18,19,20)/t8-,10+/m0/s1. The van der Waals surface area contributed by atoms with Crippen molar-refractivity contribution in [3.63, 3.8) is 0 Å². The average Bonchev–Trinajstić information content (AvgIpc) is 2.42. The third-order valence-corrected chi connectivity index (χ3v) is 3.93. The first-order valence-corrected chi connectivity index (χ1v) is 7.11. The number of benzene rings is 1. The fourth-order valence-corrected chi connectivity index (χ4v) is 2.74. The van der Waals surface area contributed by atoms with Crippen LogP contribution in [0.3, 0.4) is 0 Å². The predicted molar refractivity (Wildman–Crippen MR) is 77.1 cm³/mol. The van der Waals surface area contributed by atoms with E-state index in [9.17, 15) is 13.2 Å². The van der Waals surface area contributed by atoms with Crippen molar-refractivity contribution in [2.24, 2.45) is 5.92 Å². The molecule has 0 heterocycles. The van der Waals surface area contributed by atoms with Crippen molar-refractivity contribution >= 4 is 23.0 Å². The summed E-state index contributed by atoms with van der Waals surface area (Å²) in [4.78, 5) is 0. The maximum absolute atomic E-state index is 13.5. The van der Waals surface area contributed by atoms with Gasteiger partial charge in [-0.05, 0) is 43.1 Å². The summed E-state index contributed by atoms with van der Waals surface area (Å²) in [7, 11) is 0. The molecule has 20 heavy (non-hydrogen) atoms. The molecule has 0 aromatic heterocycles. The molecule has 1 aromatic carbocycles. The Bertz CT molecular complexity index is 507. The normalized spacial score (nSPS) is 22.4. The molecule has 0 spiro atoms. The molecule has 1 aliphatic carbocycles. The molecule has 0 unspecified atom stereocenters. The van der Waals surface area contributed by atoms with Gasteiger partial charge in [0.25, 0.3) is 0 Å². The minimum absolute atomic E-state index is 0.162. The molecular formula is C14H17F3N2S. The molecule has 2 nitrogen and oxygen atoms in total. The number of anilines is 1. The van der Waals surface area contributed by atoms with Gasteiger partial charge in [0, 0.05) is 6.04 Å². The molecule has 1 fully saturated rings. The molecule has 0 amide bonds. The Balaban J connectivity index is 1.99. The Hall–Kier alpha value is -1.30. The van der Waals surface area contributed by atoms with Crippen LogP contribution in [0.2, 0.25) is 0 Å². The molecular weight excluding hydrogens is 285 g/mol. The van der Waals surface area contributed by atoms with E-state index in [0.29, 0.717) is 5.92 Å². The van der Waals surface area contributed by atoms with Crippen molar-refractivity contribution in [1.29, 1.82) is 0 Å². The van der Waals surface area contributed by atoms with Gasteiger partial charge >= 0.3 is 0 Å². The number of hydrogen-bond acceptors (Lipinski definition) is 1. The molecule has 2 N–H and O–H groups in total. The van der Waals surface area contributed by atoms with Crippen LogP contribution in [0.1, 0.15) is 32.6 Å². The van der Waals surface area contributed by atoms with Crippen molar-refractivity contribution in [3.8, 4) is 0 Å². The minimum Gasteiger partial charge on any atom is -0.359 e. The van der Waals surface area contributed by atoms with Gasteiger partial charge in [0.2, 0.25) is 0 Å². The van der Waals surface area contributed by atoms with Crippen molar-refractivity contribution in [2.75, 3.05) is 5.32 Å². The van der Waals surface area contributed by atoms with E-state index in [4.69, 9.17) is 12.2 Å². The first kappa shape index (κ1) is 15.1. The van der Waals surface area contributed by atoms with Crippen LogP contribution in [0, 0.1) is 23.4 Å². The van der Waals surface area contributed by atoms with E-state index in [1.54, 1.807) is 0 Å². The van der Waals surface area contributed by atoms with Gasteiger partial charge in [-0.25, -0.2) is 13.2 Å². The first-order chi connectivity index (χ1) is 9.49. The Morgan fingerprint density at radius 3 is 2.55 bits per heavy atom. The van der Waals surface area contributed by atoms with Crippen molar-refractivity contribution in [2.45, 2.75) is 38.6 Å². The highest BCUT2D eigenvalue weighted by molar-refractivity contribution is 7.80. The van der Waals surface area contributed by atoms with Gasteiger partial charge in [0.15, 0.2) is 22.6 Å². The highest BCUT2D eigenvalue weighted by atomic mass is 32.1. The average molecular weight is 302 g/mol. The van der Waals surface area contributed by atoms with E-state index < -0.39 is 17.5 Å². The minimum atomic E-state index is -1.50. The predicted octanol–water partition coefficient (Wildman–Crippen LogP) is 3.97. The van der Waals surface area contributed by atoms with Crippen LogP contribution in [-0.4, -0.2) is 11.2 Å². The van der Waals surface area contributed by atoms with Crippen molar-refractivity contribution in [1.82, 2.24) is 5.32 Å². The second-order valence-corrected chi connectivity index (χ2v) is 5.60. The summed E-state index contributed by atoms with van der Waals surface area (Å²) in [5.74, 6) is -3.49. The van der Waals surface area contributed by atoms with Gasteiger partial charge in [0.1, 0.15) is 0 Å². The van der Waals surface area contributed by atoms with Gasteiger partial charge in [-0.15, -0.1) is 0 Å². The molecule has 110 valence electrons. The van der Waals surface area contributed by atoms with Crippen LogP contribution in [0.5, 0.6) is 0 Å². The Morgan fingerprint density at radius 2 is 1.85 bits per heavy atom. The molecule has 1 aromatic rings. The highest BCUT2D eigenvalue weighted by Gasteiger charge is 2.22. The summed E-state index contributed by atoms with van der Waals surface area (Å²) in [5, 5.41) is 5.93. The largest absolute Gasteiger partial charge is 0.359 e. The van der Waals surface area contributed by atoms with Gasteiger partial charge < -0.3 is 10.6 Å². The Kier molecular flexibility index (Phi) is 4.86. The number of hydrogen-bond donors (Lipinski definition) is 2. The summed E-state index contributed by atoms with van der Waals surface area (Å²) < 4.78 is 39.5. The molecule has 0 aliphatic heterocycles. The van der Waals surface area contributed by atoms with Crippen LogP contribution in [-0.2, 0) is 0 Å². The molecule has 1 aliphatic rings. The van der Waals surface area contributed by atoms with Gasteiger partial charge in [-0.1, -0.05) is 19.8 Å². The van der Waals surface area contributed by atoms with Crippen LogP contribution in [0.4, 0.5) is 18.9 Å². The number of nitrogens with one attached hydrogen (secondary N) is 2. The first-order valence-electron chi connectivity index (χ1n) is 6.70. The number of thiocarbonyl (C=S) groups is 1. The SMILES string of the molecule is C[C@H]1CCCC[C@H]1NC(=S)Nc1ccc(F)c(F)c1F. The van der Waals surface area contributed by atoms with Gasteiger partial charge in [0.05, 0.1) is 5.69 Å². The molecule has 2 atom stereocenters. The van der Waals surface area contributed by atoms with Crippen LogP contribution in [0.25, 0.3) is 0 Å². The van der Waals surface area contributed by atoms with Crippen LogP contribution < -0.4 is 10.6 Å². The Labute approximate surface area is 121 Å². The van der Waals surface area contributed by atoms with E-state index in [1.807, 2.05) is 0 Å². The fourth-order valence-electron chi connectivity index (χ4n) is 2.48. The quantitative estimate of drug-likeness (QED) is 0.638. The highest BCUT2D eigenvalue weighted by Crippen LogP contribution is 2.24. The van der Waals surface area contributed by atoms with Gasteiger partial charge in [-0.2, -0.15) is 0 Å². The second kappa shape index (κ2) is 6.43. The van der Waals surface area contributed by atoms with E-state index in [0.717, 1.165) is 31.4 Å². The number of rotatable bonds is 2. The summed E-state index contributed by atoms with van der Waals surface area (Å²) in [5.41, 5.74) is -0.162. The zero-order chi connectivity index (χ0) is 14.7. The molecule has 0 radical (unpaired) electrons.